The number of carbonyl (C=O) groups excluding carboxylic acids is 2. The molecule has 8 nitrogen and oxygen atoms in total. The lowest BCUT2D eigenvalue weighted by atomic mass is 9.98. The van der Waals surface area contributed by atoms with Crippen LogP contribution in [0.3, 0.4) is 0 Å². The van der Waals surface area contributed by atoms with Crippen LogP contribution in [0.15, 0.2) is 48.5 Å². The molecule has 0 spiro atoms. The molecule has 1 heterocycles. The van der Waals surface area contributed by atoms with Crippen LogP contribution in [0.4, 0.5) is 4.79 Å². The first-order valence-electron chi connectivity index (χ1n) is 11.7. The molecule has 1 saturated heterocycles. The molecule has 0 radical (unpaired) electrons. The summed E-state index contributed by atoms with van der Waals surface area (Å²) in [6.07, 6.45) is 0.198. The number of hydrogen-bond acceptors (Lipinski definition) is 5. The molecule has 1 aliphatic heterocycles. The molecule has 0 saturated carbocycles. The van der Waals surface area contributed by atoms with Crippen molar-refractivity contribution < 1.29 is 29.0 Å². The average Bonchev–Trinajstić information content (AvgIpc) is 3.44. The van der Waals surface area contributed by atoms with Crippen LogP contribution in [0.5, 0.6) is 0 Å². The molecular weight excluding hydrogens is 436 g/mol. The van der Waals surface area contributed by atoms with Crippen LogP contribution in [-0.4, -0.2) is 55.0 Å². The lowest BCUT2D eigenvalue weighted by Gasteiger charge is -2.19. The predicted molar refractivity (Wildman–Crippen MR) is 125 cm³/mol. The van der Waals surface area contributed by atoms with Crippen molar-refractivity contribution >= 4 is 18.0 Å². The molecule has 4 rings (SSSR count). The Balaban J connectivity index is 1.25. The van der Waals surface area contributed by atoms with E-state index in [2.05, 4.69) is 34.9 Å². The molecule has 2 aliphatic rings. The van der Waals surface area contributed by atoms with Gasteiger partial charge in [-0.05, 0) is 35.1 Å². The number of carboxylic acids is 1. The summed E-state index contributed by atoms with van der Waals surface area (Å²) in [7, 11) is 0. The second-order valence-electron chi connectivity index (χ2n) is 8.81. The van der Waals surface area contributed by atoms with Crippen molar-refractivity contribution in [1.82, 2.24) is 10.6 Å². The molecule has 0 aromatic heterocycles. The Hall–Kier alpha value is -3.39. The van der Waals surface area contributed by atoms with Crippen LogP contribution in [0.2, 0.25) is 0 Å². The van der Waals surface area contributed by atoms with Crippen molar-refractivity contribution in [2.75, 3.05) is 19.8 Å². The van der Waals surface area contributed by atoms with Gasteiger partial charge in [0.15, 0.2) is 0 Å². The summed E-state index contributed by atoms with van der Waals surface area (Å²) in [6, 6.07) is 15.9. The number of hydrogen-bond donors (Lipinski definition) is 3. The van der Waals surface area contributed by atoms with Gasteiger partial charge < -0.3 is 25.2 Å². The van der Waals surface area contributed by atoms with E-state index in [1.54, 1.807) is 0 Å². The van der Waals surface area contributed by atoms with Gasteiger partial charge in [0.1, 0.15) is 6.61 Å². The van der Waals surface area contributed by atoms with Gasteiger partial charge in [-0.3, -0.25) is 9.59 Å². The van der Waals surface area contributed by atoms with E-state index in [9.17, 15) is 14.4 Å². The fraction of sp³-hybridized carbons (Fsp3) is 0.423. The van der Waals surface area contributed by atoms with E-state index < -0.39 is 18.0 Å². The second-order valence-corrected chi connectivity index (χ2v) is 8.81. The zero-order valence-electron chi connectivity index (χ0n) is 19.2. The number of carbonyl (C=O) groups is 3. The summed E-state index contributed by atoms with van der Waals surface area (Å²) >= 11 is 0. The van der Waals surface area contributed by atoms with Crippen molar-refractivity contribution in [3.8, 4) is 11.1 Å². The van der Waals surface area contributed by atoms with Crippen LogP contribution < -0.4 is 10.6 Å². The summed E-state index contributed by atoms with van der Waals surface area (Å²) in [5.41, 5.74) is 4.61. The molecule has 1 unspecified atom stereocenters. The quantitative estimate of drug-likeness (QED) is 0.523. The van der Waals surface area contributed by atoms with E-state index in [4.69, 9.17) is 14.6 Å². The minimum atomic E-state index is -0.882. The van der Waals surface area contributed by atoms with Gasteiger partial charge in [0.05, 0.1) is 18.6 Å². The zero-order valence-corrected chi connectivity index (χ0v) is 19.2. The molecule has 2 aromatic rings. The van der Waals surface area contributed by atoms with Crippen molar-refractivity contribution in [1.29, 1.82) is 0 Å². The lowest BCUT2D eigenvalue weighted by Crippen LogP contribution is -2.41. The van der Waals surface area contributed by atoms with E-state index >= 15 is 0 Å². The minimum Gasteiger partial charge on any atom is -0.481 e. The van der Waals surface area contributed by atoms with Crippen LogP contribution in [0, 0.1) is 5.92 Å². The van der Waals surface area contributed by atoms with E-state index in [-0.39, 0.29) is 50.2 Å². The number of benzene rings is 2. The highest BCUT2D eigenvalue weighted by molar-refractivity contribution is 5.79. The number of amides is 2. The molecule has 8 heteroatoms. The summed E-state index contributed by atoms with van der Waals surface area (Å²) < 4.78 is 11.0. The Morgan fingerprint density at radius 2 is 1.74 bits per heavy atom. The number of rotatable bonds is 9. The minimum absolute atomic E-state index is 0.0254. The first kappa shape index (κ1) is 23.8. The fourth-order valence-corrected chi connectivity index (χ4v) is 4.65. The Labute approximate surface area is 198 Å². The smallest absolute Gasteiger partial charge is 0.407 e. The van der Waals surface area contributed by atoms with Gasteiger partial charge in [-0.25, -0.2) is 4.79 Å². The maximum atomic E-state index is 12.5. The predicted octanol–water partition coefficient (Wildman–Crippen LogP) is 3.30. The molecule has 1 fully saturated rings. The number of carboxylic acid groups (broad SMARTS) is 1. The standard InChI is InChI=1S/C26H30N2O6/c1-2-17(12-24(29)27-13-18-11-16(14-33-18)25(30)31)28-26(32)34-15-23-21-9-5-3-7-19(21)20-8-4-6-10-22(20)23/h3-10,16-18,23H,2,11-15H2,1H3,(H,27,29)(H,28,32)(H,30,31)/t16-,17?,18-/m1/s1. The Bertz CT molecular complexity index is 1010. The van der Waals surface area contributed by atoms with Gasteiger partial charge in [-0.15, -0.1) is 0 Å². The fourth-order valence-electron chi connectivity index (χ4n) is 4.65. The lowest BCUT2D eigenvalue weighted by molar-refractivity contribution is -0.141. The van der Waals surface area contributed by atoms with Gasteiger partial charge in [0.25, 0.3) is 0 Å². The summed E-state index contributed by atoms with van der Waals surface area (Å²) in [5, 5.41) is 14.6. The third-order valence-corrected chi connectivity index (χ3v) is 6.55. The Kier molecular flexibility index (Phi) is 7.47. The summed E-state index contributed by atoms with van der Waals surface area (Å²) in [6.45, 7) is 2.52. The molecule has 1 aliphatic carbocycles. The van der Waals surface area contributed by atoms with Gasteiger partial charge in [-0.2, -0.15) is 0 Å². The maximum absolute atomic E-state index is 12.5. The normalized spacial score (nSPS) is 19.7. The van der Waals surface area contributed by atoms with Crippen LogP contribution >= 0.6 is 0 Å². The average molecular weight is 467 g/mol. The number of aliphatic carboxylic acids is 1. The van der Waals surface area contributed by atoms with E-state index in [1.807, 2.05) is 31.2 Å². The molecule has 0 bridgehead atoms. The third kappa shape index (κ3) is 5.39. The first-order valence-corrected chi connectivity index (χ1v) is 11.7. The number of nitrogens with one attached hydrogen (secondary N) is 2. The third-order valence-electron chi connectivity index (χ3n) is 6.55. The Morgan fingerprint density at radius 1 is 1.09 bits per heavy atom. The first-order chi connectivity index (χ1) is 16.5. The summed E-state index contributed by atoms with van der Waals surface area (Å²) in [5.74, 6) is -1.66. The van der Waals surface area contributed by atoms with E-state index in [0.29, 0.717) is 12.8 Å². The van der Waals surface area contributed by atoms with Crippen molar-refractivity contribution in [3.63, 3.8) is 0 Å². The van der Waals surface area contributed by atoms with Gasteiger partial charge >= 0.3 is 12.1 Å². The second kappa shape index (κ2) is 10.7. The molecule has 180 valence electrons. The molecule has 3 atom stereocenters. The molecule has 3 N–H and O–H groups in total. The molecule has 2 aromatic carbocycles. The van der Waals surface area contributed by atoms with Crippen molar-refractivity contribution in [2.45, 2.75) is 44.2 Å². The topological polar surface area (TPSA) is 114 Å². The highest BCUT2D eigenvalue weighted by atomic mass is 16.5. The largest absolute Gasteiger partial charge is 0.481 e. The van der Waals surface area contributed by atoms with E-state index in [1.165, 1.54) is 0 Å². The number of ether oxygens (including phenoxy) is 2. The van der Waals surface area contributed by atoms with Gasteiger partial charge in [0, 0.05) is 24.9 Å². The van der Waals surface area contributed by atoms with Crippen molar-refractivity contribution in [2.24, 2.45) is 5.92 Å². The highest BCUT2D eigenvalue weighted by Crippen LogP contribution is 2.44. The SMILES string of the molecule is CCC(CC(=O)NC[C@H]1C[C@@H](C(=O)O)CO1)NC(=O)OCC1c2ccccc2-c2ccccc21. The van der Waals surface area contributed by atoms with Crippen LogP contribution in [0.25, 0.3) is 11.1 Å². The monoisotopic (exact) mass is 466 g/mol. The molecular formula is C26H30N2O6. The van der Waals surface area contributed by atoms with Crippen LogP contribution in [-0.2, 0) is 19.1 Å². The van der Waals surface area contributed by atoms with Gasteiger partial charge in [-0.1, -0.05) is 55.5 Å². The zero-order chi connectivity index (χ0) is 24.1. The van der Waals surface area contributed by atoms with Gasteiger partial charge in [0.2, 0.25) is 5.91 Å². The number of fused-ring (bicyclic) bond motifs is 3. The maximum Gasteiger partial charge on any atom is 0.407 e. The molecule has 34 heavy (non-hydrogen) atoms. The number of alkyl carbamates (subject to hydrolysis) is 1. The van der Waals surface area contributed by atoms with E-state index in [0.717, 1.165) is 22.3 Å². The van der Waals surface area contributed by atoms with Crippen molar-refractivity contribution in [3.05, 3.63) is 59.7 Å². The summed E-state index contributed by atoms with van der Waals surface area (Å²) in [4.78, 5) is 35.8. The van der Waals surface area contributed by atoms with Crippen LogP contribution in [0.1, 0.15) is 43.2 Å². The highest BCUT2D eigenvalue weighted by Gasteiger charge is 2.31. The molecule has 2 amide bonds. The Morgan fingerprint density at radius 3 is 2.32 bits per heavy atom.